The van der Waals surface area contributed by atoms with Crippen LogP contribution >= 0.6 is 0 Å². The first kappa shape index (κ1) is 18.3. The second kappa shape index (κ2) is 7.71. The summed E-state index contributed by atoms with van der Waals surface area (Å²) in [6.45, 7) is 12.0. The Morgan fingerprint density at radius 1 is 1.17 bits per heavy atom. The molecule has 0 aliphatic carbocycles. The number of aromatic nitrogens is 1. The van der Waals surface area contributed by atoms with E-state index in [1.54, 1.807) is 0 Å². The fourth-order valence-electron chi connectivity index (χ4n) is 2.88. The summed E-state index contributed by atoms with van der Waals surface area (Å²) in [6, 6.07) is 4.34. The van der Waals surface area contributed by atoms with Crippen molar-refractivity contribution in [3.63, 3.8) is 0 Å². The Morgan fingerprint density at radius 3 is 2.30 bits per heavy atom. The Morgan fingerprint density at radius 2 is 1.83 bits per heavy atom. The van der Waals surface area contributed by atoms with E-state index in [9.17, 15) is 5.11 Å². The zero-order valence-corrected chi connectivity index (χ0v) is 15.3. The number of hydrogen-bond donors (Lipinski definition) is 1. The monoisotopic (exact) mass is 320 g/mol. The van der Waals surface area contributed by atoms with Gasteiger partial charge in [-0.25, -0.2) is 0 Å². The van der Waals surface area contributed by atoms with Crippen LogP contribution in [0.5, 0.6) is 0 Å². The first-order valence-electron chi connectivity index (χ1n) is 8.50. The van der Waals surface area contributed by atoms with Gasteiger partial charge in [-0.2, -0.15) is 0 Å². The molecule has 2 rings (SSSR count). The highest BCUT2D eigenvalue weighted by Crippen LogP contribution is 2.20. The molecule has 5 nitrogen and oxygen atoms in total. The molecule has 1 N–H and O–H groups in total. The van der Waals surface area contributed by atoms with E-state index in [0.717, 1.165) is 38.4 Å². The lowest BCUT2D eigenvalue weighted by atomic mass is 9.91. The van der Waals surface area contributed by atoms with Crippen molar-refractivity contribution in [2.24, 2.45) is 0 Å². The molecule has 1 fully saturated rings. The zero-order chi connectivity index (χ0) is 17.0. The van der Waals surface area contributed by atoms with E-state index in [1.165, 1.54) is 5.56 Å². The third kappa shape index (κ3) is 5.53. The van der Waals surface area contributed by atoms with Crippen LogP contribution in [0.3, 0.4) is 0 Å². The SMILES string of the molecule is CN(C)CC(O)N1CCN(Cc2ccc(C(C)(C)C)nc2)CC1. The summed E-state index contributed by atoms with van der Waals surface area (Å²) in [5, 5.41) is 10.2. The summed E-state index contributed by atoms with van der Waals surface area (Å²) in [5.74, 6) is 0. The second-order valence-corrected chi connectivity index (χ2v) is 7.86. The predicted molar refractivity (Wildman–Crippen MR) is 94.3 cm³/mol. The minimum absolute atomic E-state index is 0.104. The van der Waals surface area contributed by atoms with E-state index in [4.69, 9.17) is 0 Å². The van der Waals surface area contributed by atoms with Crippen molar-refractivity contribution in [2.45, 2.75) is 39.0 Å². The van der Waals surface area contributed by atoms with Crippen molar-refractivity contribution in [3.8, 4) is 0 Å². The Kier molecular flexibility index (Phi) is 6.14. The first-order chi connectivity index (χ1) is 10.8. The molecule has 130 valence electrons. The van der Waals surface area contributed by atoms with Crippen molar-refractivity contribution in [1.29, 1.82) is 0 Å². The summed E-state index contributed by atoms with van der Waals surface area (Å²) in [5.41, 5.74) is 2.50. The van der Waals surface area contributed by atoms with Gasteiger partial charge in [-0.05, 0) is 25.7 Å². The number of aliphatic hydroxyl groups is 1. The second-order valence-electron chi connectivity index (χ2n) is 7.86. The molecule has 1 atom stereocenters. The zero-order valence-electron chi connectivity index (χ0n) is 15.3. The van der Waals surface area contributed by atoms with E-state index >= 15 is 0 Å². The molecule has 2 heterocycles. The van der Waals surface area contributed by atoms with Crippen LogP contribution in [-0.2, 0) is 12.0 Å². The van der Waals surface area contributed by atoms with Crippen molar-refractivity contribution < 1.29 is 5.11 Å². The number of piperazine rings is 1. The highest BCUT2D eigenvalue weighted by molar-refractivity contribution is 5.19. The van der Waals surface area contributed by atoms with Gasteiger partial charge in [0.15, 0.2) is 0 Å². The molecule has 23 heavy (non-hydrogen) atoms. The summed E-state index contributed by atoms with van der Waals surface area (Å²) < 4.78 is 0. The number of nitrogens with zero attached hydrogens (tertiary/aromatic N) is 4. The molecule has 0 aromatic carbocycles. The lowest BCUT2D eigenvalue weighted by molar-refractivity contribution is -0.0383. The fourth-order valence-corrected chi connectivity index (χ4v) is 2.88. The van der Waals surface area contributed by atoms with Gasteiger partial charge in [0.1, 0.15) is 6.23 Å². The molecule has 0 saturated carbocycles. The Bertz CT molecular complexity index is 473. The topological polar surface area (TPSA) is 42.8 Å². The van der Waals surface area contributed by atoms with Crippen LogP contribution in [0.25, 0.3) is 0 Å². The molecular formula is C18H32N4O. The van der Waals surface area contributed by atoms with Gasteiger partial charge in [-0.15, -0.1) is 0 Å². The summed E-state index contributed by atoms with van der Waals surface area (Å²) >= 11 is 0. The van der Waals surface area contributed by atoms with Crippen LogP contribution in [0, 0.1) is 0 Å². The van der Waals surface area contributed by atoms with Gasteiger partial charge in [0, 0.05) is 56.6 Å². The molecule has 1 aromatic rings. The van der Waals surface area contributed by atoms with Crippen molar-refractivity contribution in [1.82, 2.24) is 19.7 Å². The van der Waals surface area contributed by atoms with E-state index in [1.807, 2.05) is 25.2 Å². The highest BCUT2D eigenvalue weighted by Gasteiger charge is 2.22. The molecule has 1 saturated heterocycles. The van der Waals surface area contributed by atoms with Gasteiger partial charge in [0.2, 0.25) is 0 Å². The van der Waals surface area contributed by atoms with Crippen LogP contribution in [0.1, 0.15) is 32.0 Å². The maximum atomic E-state index is 10.2. The number of likely N-dealkylation sites (N-methyl/N-ethyl adjacent to an activating group) is 1. The van der Waals surface area contributed by atoms with Gasteiger partial charge < -0.3 is 10.0 Å². The summed E-state index contributed by atoms with van der Waals surface area (Å²) in [4.78, 5) is 11.2. The van der Waals surface area contributed by atoms with Crippen molar-refractivity contribution >= 4 is 0 Å². The molecule has 0 radical (unpaired) electrons. The maximum absolute atomic E-state index is 10.2. The minimum Gasteiger partial charge on any atom is -0.377 e. The maximum Gasteiger partial charge on any atom is 0.120 e. The van der Waals surface area contributed by atoms with Crippen molar-refractivity contribution in [3.05, 3.63) is 29.6 Å². The average Bonchev–Trinajstić information content (AvgIpc) is 2.47. The normalized spacial score (nSPS) is 19.3. The van der Waals surface area contributed by atoms with E-state index in [-0.39, 0.29) is 11.6 Å². The lowest BCUT2D eigenvalue weighted by Crippen LogP contribution is -2.52. The van der Waals surface area contributed by atoms with E-state index in [0.29, 0.717) is 6.54 Å². The van der Waals surface area contributed by atoms with Crippen molar-refractivity contribution in [2.75, 3.05) is 46.8 Å². The third-order valence-corrected chi connectivity index (χ3v) is 4.36. The van der Waals surface area contributed by atoms with Gasteiger partial charge >= 0.3 is 0 Å². The average molecular weight is 320 g/mol. The minimum atomic E-state index is -0.361. The van der Waals surface area contributed by atoms with Gasteiger partial charge in [-0.1, -0.05) is 26.8 Å². The number of rotatable bonds is 5. The Labute approximate surface area is 140 Å². The molecular weight excluding hydrogens is 288 g/mol. The van der Waals surface area contributed by atoms with Crippen LogP contribution in [-0.4, -0.2) is 77.8 Å². The summed E-state index contributed by atoms with van der Waals surface area (Å²) in [6.07, 6.45) is 1.65. The van der Waals surface area contributed by atoms with E-state index < -0.39 is 0 Å². The first-order valence-corrected chi connectivity index (χ1v) is 8.50. The molecule has 5 heteroatoms. The number of hydrogen-bond acceptors (Lipinski definition) is 5. The van der Waals surface area contributed by atoms with Gasteiger partial charge in [0.05, 0.1) is 0 Å². The van der Waals surface area contributed by atoms with Crippen LogP contribution in [0.2, 0.25) is 0 Å². The number of pyridine rings is 1. The largest absolute Gasteiger partial charge is 0.377 e. The quantitative estimate of drug-likeness (QED) is 0.888. The predicted octanol–water partition coefficient (Wildman–Crippen LogP) is 1.38. The summed E-state index contributed by atoms with van der Waals surface area (Å²) in [7, 11) is 3.99. The lowest BCUT2D eigenvalue weighted by Gasteiger charge is -2.37. The standard InChI is InChI=1S/C18H32N4O/c1-18(2,3)16-7-6-15(12-19-16)13-21-8-10-22(11-9-21)17(23)14-20(4)5/h6-7,12,17,23H,8-11,13-14H2,1-5H3. The van der Waals surface area contributed by atoms with Crippen LogP contribution in [0.15, 0.2) is 18.3 Å². The third-order valence-electron chi connectivity index (χ3n) is 4.36. The van der Waals surface area contributed by atoms with E-state index in [2.05, 4.69) is 47.7 Å². The highest BCUT2D eigenvalue weighted by atomic mass is 16.3. The molecule has 0 bridgehead atoms. The molecule has 1 unspecified atom stereocenters. The van der Waals surface area contributed by atoms with Gasteiger partial charge in [0.25, 0.3) is 0 Å². The van der Waals surface area contributed by atoms with Crippen LogP contribution in [0.4, 0.5) is 0 Å². The fraction of sp³-hybridized carbons (Fsp3) is 0.722. The Hall–Kier alpha value is -1.01. The number of aliphatic hydroxyl groups excluding tert-OH is 1. The smallest absolute Gasteiger partial charge is 0.120 e. The molecule has 1 aliphatic rings. The Balaban J connectivity index is 1.82. The van der Waals surface area contributed by atoms with Crippen LogP contribution < -0.4 is 0 Å². The molecule has 0 spiro atoms. The van der Waals surface area contributed by atoms with Gasteiger partial charge in [-0.3, -0.25) is 14.8 Å². The molecule has 0 amide bonds. The molecule has 1 aliphatic heterocycles. The molecule has 1 aromatic heterocycles.